The number of nitrogens with two attached hydrogens (primary N) is 1. The Labute approximate surface area is 122 Å². The Bertz CT molecular complexity index is 717. The van der Waals surface area contributed by atoms with Crippen LogP contribution < -0.4 is 16.5 Å². The molecule has 0 unspecified atom stereocenters. The van der Waals surface area contributed by atoms with Gasteiger partial charge in [-0.1, -0.05) is 12.1 Å². The van der Waals surface area contributed by atoms with Crippen LogP contribution in [0.25, 0.3) is 10.9 Å². The third kappa shape index (κ3) is 2.69. The minimum Gasteiger partial charge on any atom is -0.360 e. The molecule has 1 aromatic carbocycles. The van der Waals surface area contributed by atoms with E-state index < -0.39 is 0 Å². The SMILES string of the molecule is NCCC1CC(NC(=O)c2c[nH]c3ccccc3c2=O)C1. The van der Waals surface area contributed by atoms with Gasteiger partial charge in [-0.2, -0.15) is 0 Å². The Balaban J connectivity index is 1.74. The van der Waals surface area contributed by atoms with Crippen molar-refractivity contribution >= 4 is 16.8 Å². The second-order valence-corrected chi connectivity index (χ2v) is 5.66. The summed E-state index contributed by atoms with van der Waals surface area (Å²) < 4.78 is 0. The number of rotatable bonds is 4. The number of benzene rings is 1. The minimum absolute atomic E-state index is 0.167. The molecule has 5 heteroatoms. The van der Waals surface area contributed by atoms with Gasteiger partial charge in [-0.05, 0) is 43.9 Å². The summed E-state index contributed by atoms with van der Waals surface area (Å²) >= 11 is 0. The van der Waals surface area contributed by atoms with Crippen molar-refractivity contribution < 1.29 is 4.79 Å². The number of H-pyrrole nitrogens is 1. The summed E-state index contributed by atoms with van der Waals surface area (Å²) in [6, 6.07) is 7.36. The second-order valence-electron chi connectivity index (χ2n) is 5.66. The summed E-state index contributed by atoms with van der Waals surface area (Å²) in [5, 5.41) is 3.47. The molecule has 0 bridgehead atoms. The average molecular weight is 285 g/mol. The quantitative estimate of drug-likeness (QED) is 0.793. The molecule has 0 aliphatic heterocycles. The number of aromatic amines is 1. The van der Waals surface area contributed by atoms with Crippen LogP contribution in [0.5, 0.6) is 0 Å². The Kier molecular flexibility index (Phi) is 3.75. The molecule has 1 fully saturated rings. The Morgan fingerprint density at radius 2 is 2.10 bits per heavy atom. The van der Waals surface area contributed by atoms with Gasteiger partial charge in [-0.25, -0.2) is 0 Å². The Hall–Kier alpha value is -2.14. The lowest BCUT2D eigenvalue weighted by Crippen LogP contribution is -2.45. The molecule has 4 N–H and O–H groups in total. The summed E-state index contributed by atoms with van der Waals surface area (Å²) in [6.07, 6.45) is 4.40. The van der Waals surface area contributed by atoms with E-state index in [1.54, 1.807) is 12.1 Å². The number of aromatic nitrogens is 1. The monoisotopic (exact) mass is 285 g/mol. The number of hydrogen-bond acceptors (Lipinski definition) is 3. The molecule has 1 aliphatic carbocycles. The molecule has 3 rings (SSSR count). The topological polar surface area (TPSA) is 88.0 Å². The first-order chi connectivity index (χ1) is 10.2. The molecular formula is C16H19N3O2. The van der Waals surface area contributed by atoms with Crippen molar-refractivity contribution in [3.63, 3.8) is 0 Å². The number of carbonyl (C=O) groups excluding carboxylic acids is 1. The number of nitrogens with one attached hydrogen (secondary N) is 2. The molecule has 2 aromatic rings. The summed E-state index contributed by atoms with van der Waals surface area (Å²) in [6.45, 7) is 0.690. The third-order valence-corrected chi connectivity index (χ3v) is 4.18. The Morgan fingerprint density at radius 1 is 1.33 bits per heavy atom. The van der Waals surface area contributed by atoms with Crippen LogP contribution in [0.1, 0.15) is 29.6 Å². The van der Waals surface area contributed by atoms with Crippen LogP contribution in [0.2, 0.25) is 0 Å². The standard InChI is InChI=1S/C16H19N3O2/c17-6-5-10-7-11(8-10)19-16(21)13-9-18-14-4-2-1-3-12(14)15(13)20/h1-4,9-11H,5-8,17H2,(H,18,20)(H,19,21). The van der Waals surface area contributed by atoms with Crippen LogP contribution in [-0.4, -0.2) is 23.5 Å². The number of fused-ring (bicyclic) bond motifs is 1. The fourth-order valence-corrected chi connectivity index (χ4v) is 2.92. The van der Waals surface area contributed by atoms with Gasteiger partial charge in [0.2, 0.25) is 5.43 Å². The van der Waals surface area contributed by atoms with Crippen molar-refractivity contribution in [3.05, 3.63) is 46.2 Å². The van der Waals surface area contributed by atoms with Gasteiger partial charge in [0.15, 0.2) is 0 Å². The van der Waals surface area contributed by atoms with Crippen LogP contribution in [0.15, 0.2) is 35.3 Å². The molecule has 1 aromatic heterocycles. The van der Waals surface area contributed by atoms with Gasteiger partial charge in [-0.15, -0.1) is 0 Å². The molecule has 0 saturated heterocycles. The zero-order chi connectivity index (χ0) is 14.8. The number of pyridine rings is 1. The fourth-order valence-electron chi connectivity index (χ4n) is 2.92. The second kappa shape index (κ2) is 5.69. The molecule has 1 aliphatic rings. The van der Waals surface area contributed by atoms with Gasteiger partial charge in [0, 0.05) is 23.1 Å². The first kappa shape index (κ1) is 13.8. The lowest BCUT2D eigenvalue weighted by Gasteiger charge is -2.35. The van der Waals surface area contributed by atoms with Gasteiger partial charge in [0.25, 0.3) is 5.91 Å². The molecule has 0 atom stereocenters. The van der Waals surface area contributed by atoms with Crippen LogP contribution in [-0.2, 0) is 0 Å². The van der Waals surface area contributed by atoms with E-state index in [9.17, 15) is 9.59 Å². The van der Waals surface area contributed by atoms with Crippen molar-refractivity contribution in [1.29, 1.82) is 0 Å². The van der Waals surface area contributed by atoms with Crippen molar-refractivity contribution in [2.24, 2.45) is 11.7 Å². The summed E-state index contributed by atoms with van der Waals surface area (Å²) in [4.78, 5) is 27.6. The minimum atomic E-state index is -0.293. The first-order valence-electron chi connectivity index (χ1n) is 7.30. The van der Waals surface area contributed by atoms with Gasteiger partial charge in [-0.3, -0.25) is 9.59 Å². The van der Waals surface area contributed by atoms with E-state index >= 15 is 0 Å². The predicted molar refractivity (Wildman–Crippen MR) is 82.2 cm³/mol. The maximum atomic E-state index is 12.3. The third-order valence-electron chi connectivity index (χ3n) is 4.18. The molecule has 110 valence electrons. The maximum Gasteiger partial charge on any atom is 0.256 e. The number of carbonyl (C=O) groups is 1. The predicted octanol–water partition coefficient (Wildman–Crippen LogP) is 1.39. The molecule has 5 nitrogen and oxygen atoms in total. The average Bonchev–Trinajstić information content (AvgIpc) is 2.45. The fraction of sp³-hybridized carbons (Fsp3) is 0.375. The van der Waals surface area contributed by atoms with E-state index in [1.807, 2.05) is 12.1 Å². The molecule has 21 heavy (non-hydrogen) atoms. The molecule has 1 heterocycles. The Morgan fingerprint density at radius 3 is 2.86 bits per heavy atom. The number of hydrogen-bond donors (Lipinski definition) is 3. The largest absolute Gasteiger partial charge is 0.360 e. The van der Waals surface area contributed by atoms with Crippen molar-refractivity contribution in [2.75, 3.05) is 6.54 Å². The normalized spacial score (nSPS) is 21.0. The van der Waals surface area contributed by atoms with Gasteiger partial charge in [0.05, 0.1) is 0 Å². The van der Waals surface area contributed by atoms with Gasteiger partial charge < -0.3 is 16.0 Å². The van der Waals surface area contributed by atoms with Crippen LogP contribution >= 0.6 is 0 Å². The van der Waals surface area contributed by atoms with Crippen LogP contribution in [0, 0.1) is 5.92 Å². The zero-order valence-electron chi connectivity index (χ0n) is 11.8. The summed E-state index contributed by atoms with van der Waals surface area (Å²) in [5.74, 6) is 0.313. The van der Waals surface area contributed by atoms with E-state index in [2.05, 4.69) is 10.3 Å². The maximum absolute atomic E-state index is 12.3. The van der Waals surface area contributed by atoms with E-state index in [1.165, 1.54) is 6.20 Å². The van der Waals surface area contributed by atoms with E-state index in [-0.39, 0.29) is 22.9 Å². The molecule has 0 radical (unpaired) electrons. The lowest BCUT2D eigenvalue weighted by molar-refractivity contribution is 0.0886. The van der Waals surface area contributed by atoms with Crippen molar-refractivity contribution in [2.45, 2.75) is 25.3 Å². The van der Waals surface area contributed by atoms with Gasteiger partial charge >= 0.3 is 0 Å². The summed E-state index contributed by atoms with van der Waals surface area (Å²) in [7, 11) is 0. The van der Waals surface area contributed by atoms with E-state index in [0.717, 1.165) is 24.8 Å². The highest BCUT2D eigenvalue weighted by Crippen LogP contribution is 2.29. The van der Waals surface area contributed by atoms with Crippen LogP contribution in [0.4, 0.5) is 0 Å². The van der Waals surface area contributed by atoms with E-state index in [0.29, 0.717) is 17.8 Å². The number of para-hydroxylation sites is 1. The smallest absolute Gasteiger partial charge is 0.256 e. The lowest BCUT2D eigenvalue weighted by atomic mass is 9.78. The van der Waals surface area contributed by atoms with Gasteiger partial charge in [0.1, 0.15) is 5.56 Å². The molecule has 1 saturated carbocycles. The van der Waals surface area contributed by atoms with Crippen LogP contribution in [0.3, 0.4) is 0 Å². The highest BCUT2D eigenvalue weighted by Gasteiger charge is 2.30. The van der Waals surface area contributed by atoms with Crippen molar-refractivity contribution in [1.82, 2.24) is 10.3 Å². The van der Waals surface area contributed by atoms with Crippen molar-refractivity contribution in [3.8, 4) is 0 Å². The highest BCUT2D eigenvalue weighted by molar-refractivity contribution is 5.97. The highest BCUT2D eigenvalue weighted by atomic mass is 16.2. The molecule has 0 spiro atoms. The molecular weight excluding hydrogens is 266 g/mol. The van der Waals surface area contributed by atoms with E-state index in [4.69, 9.17) is 5.73 Å². The first-order valence-corrected chi connectivity index (χ1v) is 7.30. The number of amides is 1. The zero-order valence-corrected chi connectivity index (χ0v) is 11.8. The molecule has 1 amide bonds. The summed E-state index contributed by atoms with van der Waals surface area (Å²) in [5.41, 5.74) is 6.21.